The molecule has 1 saturated heterocycles. The quantitative estimate of drug-likeness (QED) is 0.305. The fraction of sp³-hybridized carbons (Fsp3) is 0.0833. The number of hydrogen-bond donors (Lipinski definition) is 0. The summed E-state index contributed by atoms with van der Waals surface area (Å²) in [7, 11) is 0. The second-order valence-electron chi connectivity index (χ2n) is 7.10. The van der Waals surface area contributed by atoms with Crippen molar-refractivity contribution in [2.75, 3.05) is 0 Å². The lowest BCUT2D eigenvalue weighted by Gasteiger charge is -2.13. The second-order valence-corrected chi connectivity index (χ2v) is 9.42. The number of amides is 2. The molecular weight excluding hydrogens is 536 g/mol. The minimum Gasteiger partial charge on any atom is -0.488 e. The molecule has 0 N–H and O–H groups in total. The molecule has 0 aromatic heterocycles. The van der Waals surface area contributed by atoms with Gasteiger partial charge >= 0.3 is 0 Å². The zero-order valence-electron chi connectivity index (χ0n) is 16.9. The maximum absolute atomic E-state index is 13.3. The molecule has 2 amide bonds. The van der Waals surface area contributed by atoms with Crippen LogP contribution in [0.5, 0.6) is 5.75 Å². The number of rotatable bonds is 6. The van der Waals surface area contributed by atoms with E-state index in [1.165, 1.54) is 24.3 Å². The van der Waals surface area contributed by atoms with Crippen molar-refractivity contribution in [3.05, 3.63) is 103 Å². The Bertz CT molecular complexity index is 1270. The van der Waals surface area contributed by atoms with Crippen LogP contribution in [0, 0.1) is 11.6 Å². The Labute approximate surface area is 206 Å². The highest BCUT2D eigenvalue weighted by molar-refractivity contribution is 9.10. The highest BCUT2D eigenvalue weighted by Gasteiger charge is 2.35. The molecule has 9 heteroatoms. The predicted octanol–water partition coefficient (Wildman–Crippen LogP) is 7.20. The maximum atomic E-state index is 13.3. The Morgan fingerprint density at radius 2 is 1.73 bits per heavy atom. The summed E-state index contributed by atoms with van der Waals surface area (Å²) in [5.74, 6) is -0.813. The van der Waals surface area contributed by atoms with Crippen molar-refractivity contribution in [1.82, 2.24) is 4.90 Å². The van der Waals surface area contributed by atoms with Crippen LogP contribution in [-0.2, 0) is 17.9 Å². The number of hydrogen-bond acceptors (Lipinski definition) is 4. The molecule has 0 bridgehead atoms. The smallest absolute Gasteiger partial charge is 0.293 e. The van der Waals surface area contributed by atoms with Crippen molar-refractivity contribution in [3.8, 4) is 5.75 Å². The fourth-order valence-corrected chi connectivity index (χ4v) is 4.54. The van der Waals surface area contributed by atoms with Gasteiger partial charge in [0.2, 0.25) is 0 Å². The first-order valence-corrected chi connectivity index (χ1v) is 11.6. The van der Waals surface area contributed by atoms with Gasteiger partial charge in [-0.05, 0) is 71.4 Å². The third-order valence-corrected chi connectivity index (χ3v) is 6.54. The Hall–Kier alpha value is -2.68. The lowest BCUT2D eigenvalue weighted by molar-refractivity contribution is -0.123. The molecule has 0 saturated carbocycles. The minimum absolute atomic E-state index is 0.0620. The Kier molecular flexibility index (Phi) is 7.17. The molecule has 3 aromatic carbocycles. The van der Waals surface area contributed by atoms with Gasteiger partial charge in [0.1, 0.15) is 24.0 Å². The third-order valence-electron chi connectivity index (χ3n) is 4.78. The van der Waals surface area contributed by atoms with E-state index < -0.39 is 17.0 Å². The third kappa shape index (κ3) is 5.63. The van der Waals surface area contributed by atoms with Gasteiger partial charge in [-0.15, -0.1) is 0 Å². The molecular formula is C24H15BrClF2NO3S. The van der Waals surface area contributed by atoms with Crippen molar-refractivity contribution in [3.63, 3.8) is 0 Å². The lowest BCUT2D eigenvalue weighted by Crippen LogP contribution is -2.27. The number of carbonyl (C=O) groups is 2. The van der Waals surface area contributed by atoms with E-state index in [1.54, 1.807) is 36.4 Å². The van der Waals surface area contributed by atoms with Gasteiger partial charge in [0.15, 0.2) is 0 Å². The maximum Gasteiger partial charge on any atom is 0.293 e. The molecule has 1 aliphatic rings. The topological polar surface area (TPSA) is 46.6 Å². The van der Waals surface area contributed by atoms with Crippen LogP contribution in [0.15, 0.2) is 70.0 Å². The molecule has 0 radical (unpaired) electrons. The van der Waals surface area contributed by atoms with Gasteiger partial charge in [0.05, 0.1) is 11.4 Å². The molecule has 1 heterocycles. The molecule has 4 rings (SSSR count). The molecule has 3 aromatic rings. The van der Waals surface area contributed by atoms with E-state index in [4.69, 9.17) is 16.3 Å². The van der Waals surface area contributed by atoms with Crippen LogP contribution in [-0.4, -0.2) is 16.0 Å². The van der Waals surface area contributed by atoms with Crippen LogP contribution >= 0.6 is 39.3 Å². The molecule has 4 nitrogen and oxygen atoms in total. The molecule has 0 atom stereocenters. The van der Waals surface area contributed by atoms with Gasteiger partial charge in [0, 0.05) is 15.1 Å². The summed E-state index contributed by atoms with van der Waals surface area (Å²) >= 11 is 10.3. The van der Waals surface area contributed by atoms with Crippen molar-refractivity contribution in [2.24, 2.45) is 0 Å². The van der Waals surface area contributed by atoms with Gasteiger partial charge in [0.25, 0.3) is 11.1 Å². The van der Waals surface area contributed by atoms with Gasteiger partial charge in [-0.2, -0.15) is 0 Å². The second kappa shape index (κ2) is 10.1. The van der Waals surface area contributed by atoms with E-state index >= 15 is 0 Å². The van der Waals surface area contributed by atoms with Crippen molar-refractivity contribution >= 4 is 56.5 Å². The van der Waals surface area contributed by atoms with Crippen LogP contribution in [0.3, 0.4) is 0 Å². The van der Waals surface area contributed by atoms with Crippen molar-refractivity contribution in [1.29, 1.82) is 0 Å². The number of nitrogens with zero attached hydrogens (tertiary/aromatic N) is 1. The number of benzene rings is 3. The number of ether oxygens (including phenoxy) is 1. The van der Waals surface area contributed by atoms with Crippen LogP contribution < -0.4 is 4.74 Å². The van der Waals surface area contributed by atoms with Gasteiger partial charge < -0.3 is 4.74 Å². The van der Waals surface area contributed by atoms with Gasteiger partial charge in [-0.25, -0.2) is 8.78 Å². The van der Waals surface area contributed by atoms with Gasteiger partial charge in [-0.1, -0.05) is 45.7 Å². The zero-order chi connectivity index (χ0) is 23.5. The summed E-state index contributed by atoms with van der Waals surface area (Å²) in [6.45, 7) is 0.140. The number of halogens is 4. The molecule has 168 valence electrons. The molecule has 0 aliphatic carbocycles. The average Bonchev–Trinajstić information content (AvgIpc) is 3.03. The lowest BCUT2D eigenvalue weighted by atomic mass is 10.1. The normalized spacial score (nSPS) is 14.9. The van der Waals surface area contributed by atoms with E-state index in [2.05, 4.69) is 15.9 Å². The van der Waals surface area contributed by atoms with Gasteiger partial charge in [-0.3, -0.25) is 14.5 Å². The monoisotopic (exact) mass is 549 g/mol. The SMILES string of the molecule is O=C1S/C(=C\c2cc(Br)ccc2OCc2ccc(F)cc2)C(=O)N1Cc1ccc(F)cc1Cl. The molecule has 1 aliphatic heterocycles. The summed E-state index contributed by atoms with van der Waals surface area (Å²) in [5.41, 5.74) is 1.84. The first-order chi connectivity index (χ1) is 15.8. The molecule has 0 unspecified atom stereocenters. The van der Waals surface area contributed by atoms with E-state index in [1.807, 2.05) is 0 Å². The highest BCUT2D eigenvalue weighted by Crippen LogP contribution is 2.36. The number of imide groups is 1. The van der Waals surface area contributed by atoms with E-state index in [0.717, 1.165) is 32.8 Å². The minimum atomic E-state index is -0.499. The first-order valence-electron chi connectivity index (χ1n) is 9.66. The summed E-state index contributed by atoms with van der Waals surface area (Å²) < 4.78 is 33.1. The highest BCUT2D eigenvalue weighted by atomic mass is 79.9. The molecule has 33 heavy (non-hydrogen) atoms. The van der Waals surface area contributed by atoms with Crippen molar-refractivity contribution < 1.29 is 23.1 Å². The van der Waals surface area contributed by atoms with Crippen LogP contribution in [0.1, 0.15) is 16.7 Å². The Balaban J connectivity index is 1.55. The van der Waals surface area contributed by atoms with E-state index in [9.17, 15) is 18.4 Å². The summed E-state index contributed by atoms with van der Waals surface area (Å²) in [6, 6.07) is 15.1. The summed E-state index contributed by atoms with van der Waals surface area (Å²) in [6.07, 6.45) is 1.59. The standard InChI is InChI=1S/C24H15BrClF2NO3S/c25-17-4-8-21(32-13-14-1-5-18(27)6-2-14)16(9-17)10-22-23(30)29(24(31)33-22)12-15-3-7-19(28)11-20(15)26/h1-11H,12-13H2/b22-10-. The van der Waals surface area contributed by atoms with E-state index in [0.29, 0.717) is 16.9 Å². The zero-order valence-corrected chi connectivity index (χ0v) is 20.0. The Morgan fingerprint density at radius 1 is 1.00 bits per heavy atom. The molecule has 0 spiro atoms. The van der Waals surface area contributed by atoms with Crippen LogP contribution in [0.2, 0.25) is 5.02 Å². The van der Waals surface area contributed by atoms with Crippen LogP contribution in [0.4, 0.5) is 13.6 Å². The number of thioether (sulfide) groups is 1. The largest absolute Gasteiger partial charge is 0.488 e. The summed E-state index contributed by atoms with van der Waals surface area (Å²) in [4.78, 5) is 26.7. The van der Waals surface area contributed by atoms with Crippen molar-refractivity contribution in [2.45, 2.75) is 13.2 Å². The van der Waals surface area contributed by atoms with E-state index in [-0.39, 0.29) is 28.9 Å². The predicted molar refractivity (Wildman–Crippen MR) is 128 cm³/mol. The Morgan fingerprint density at radius 3 is 2.45 bits per heavy atom. The fourth-order valence-electron chi connectivity index (χ4n) is 3.10. The summed E-state index contributed by atoms with van der Waals surface area (Å²) in [5, 5.41) is -0.308. The number of carbonyl (C=O) groups excluding carboxylic acids is 2. The van der Waals surface area contributed by atoms with Crippen LogP contribution in [0.25, 0.3) is 6.08 Å². The molecule has 1 fully saturated rings. The average molecular weight is 551 g/mol. The first kappa shape index (κ1) is 23.5.